The number of halogens is 3. The summed E-state index contributed by atoms with van der Waals surface area (Å²) in [5.74, 6) is -1.05. The number of nitrogens with zero attached hydrogens (tertiary/aromatic N) is 4. The van der Waals surface area contributed by atoms with Gasteiger partial charge in [0.2, 0.25) is 5.16 Å². The molecule has 0 spiro atoms. The van der Waals surface area contributed by atoms with Crippen molar-refractivity contribution in [1.82, 2.24) is 25.5 Å². The Balaban J connectivity index is 2.09. The highest BCUT2D eigenvalue weighted by atomic mass is 79.9. The quantitative estimate of drug-likeness (QED) is 0.629. The van der Waals surface area contributed by atoms with E-state index in [1.54, 1.807) is 4.68 Å². The molecule has 2 aromatic rings. The highest BCUT2D eigenvalue weighted by Crippen LogP contribution is 2.27. The summed E-state index contributed by atoms with van der Waals surface area (Å²) in [6.07, 6.45) is 0. The van der Waals surface area contributed by atoms with E-state index in [0.717, 1.165) is 0 Å². The van der Waals surface area contributed by atoms with Gasteiger partial charge in [0, 0.05) is 17.9 Å². The monoisotopic (exact) mass is 363 g/mol. The Kier molecular flexibility index (Phi) is 5.44. The standard InChI is InChI=1S/C11H12BrF2N5S/c1-15-4-5-19-11(16-17-18-19)20-6-7-9(13)3-2-8(12)10(7)14/h2-3,15H,4-6H2,1H3. The van der Waals surface area contributed by atoms with E-state index >= 15 is 0 Å². The van der Waals surface area contributed by atoms with E-state index in [2.05, 4.69) is 36.8 Å². The van der Waals surface area contributed by atoms with Crippen molar-refractivity contribution < 1.29 is 8.78 Å². The van der Waals surface area contributed by atoms with Crippen LogP contribution in [-0.4, -0.2) is 33.8 Å². The molecule has 0 aliphatic rings. The summed E-state index contributed by atoms with van der Waals surface area (Å²) in [5, 5.41) is 14.7. The van der Waals surface area contributed by atoms with Crippen LogP contribution in [0.5, 0.6) is 0 Å². The van der Waals surface area contributed by atoms with E-state index in [-0.39, 0.29) is 15.8 Å². The first-order valence-electron chi connectivity index (χ1n) is 5.79. The molecular formula is C11H12BrF2N5S. The van der Waals surface area contributed by atoms with Gasteiger partial charge in [0.25, 0.3) is 0 Å². The zero-order chi connectivity index (χ0) is 14.5. The lowest BCUT2D eigenvalue weighted by atomic mass is 10.2. The fourth-order valence-corrected chi connectivity index (χ4v) is 2.78. The zero-order valence-electron chi connectivity index (χ0n) is 10.6. The number of nitrogens with one attached hydrogen (secondary N) is 1. The van der Waals surface area contributed by atoms with Gasteiger partial charge in [-0.25, -0.2) is 13.5 Å². The molecule has 1 heterocycles. The van der Waals surface area contributed by atoms with Crippen LogP contribution in [0, 0.1) is 11.6 Å². The van der Waals surface area contributed by atoms with Crippen LogP contribution in [0.1, 0.15) is 5.56 Å². The van der Waals surface area contributed by atoms with Gasteiger partial charge in [-0.15, -0.1) is 5.10 Å². The predicted octanol–water partition coefficient (Wildman–Crippen LogP) is 2.23. The minimum atomic E-state index is -0.591. The van der Waals surface area contributed by atoms with Gasteiger partial charge in [-0.3, -0.25) is 0 Å². The number of hydrogen-bond donors (Lipinski definition) is 1. The molecule has 108 valence electrons. The van der Waals surface area contributed by atoms with Crippen molar-refractivity contribution in [3.8, 4) is 0 Å². The molecule has 9 heteroatoms. The summed E-state index contributed by atoms with van der Waals surface area (Å²) in [6.45, 7) is 1.30. The smallest absolute Gasteiger partial charge is 0.209 e. The molecule has 0 fully saturated rings. The van der Waals surface area contributed by atoms with Gasteiger partial charge in [-0.05, 0) is 45.5 Å². The first-order valence-corrected chi connectivity index (χ1v) is 7.57. The second-order valence-corrected chi connectivity index (χ2v) is 5.70. The first kappa shape index (κ1) is 15.3. The van der Waals surface area contributed by atoms with Gasteiger partial charge in [-0.2, -0.15) is 0 Å². The Labute approximate surface area is 127 Å². The predicted molar refractivity (Wildman–Crippen MR) is 75.4 cm³/mol. The molecule has 0 unspecified atom stereocenters. The number of benzene rings is 1. The van der Waals surface area contributed by atoms with Gasteiger partial charge in [0.1, 0.15) is 11.6 Å². The van der Waals surface area contributed by atoms with Crippen molar-refractivity contribution in [2.45, 2.75) is 17.5 Å². The van der Waals surface area contributed by atoms with Gasteiger partial charge in [-0.1, -0.05) is 11.8 Å². The normalized spacial score (nSPS) is 11.0. The van der Waals surface area contributed by atoms with Crippen molar-refractivity contribution in [3.05, 3.63) is 33.8 Å². The number of tetrazole rings is 1. The van der Waals surface area contributed by atoms with Crippen LogP contribution >= 0.6 is 27.7 Å². The summed E-state index contributed by atoms with van der Waals surface area (Å²) in [7, 11) is 1.82. The second kappa shape index (κ2) is 7.09. The van der Waals surface area contributed by atoms with Crippen LogP contribution in [0.2, 0.25) is 0 Å². The Bertz CT molecular complexity index is 592. The SMILES string of the molecule is CNCCn1nnnc1SCc1c(F)ccc(Br)c1F. The van der Waals surface area contributed by atoms with Crippen LogP contribution < -0.4 is 5.32 Å². The Hall–Kier alpha value is -1.06. The van der Waals surface area contributed by atoms with Crippen LogP contribution in [0.15, 0.2) is 21.8 Å². The van der Waals surface area contributed by atoms with Gasteiger partial charge in [0.15, 0.2) is 0 Å². The Morgan fingerprint density at radius 1 is 1.40 bits per heavy atom. The molecule has 2 rings (SSSR count). The van der Waals surface area contributed by atoms with Crippen molar-refractivity contribution in [2.24, 2.45) is 0 Å². The lowest BCUT2D eigenvalue weighted by Crippen LogP contribution is -2.16. The van der Waals surface area contributed by atoms with Crippen molar-refractivity contribution >= 4 is 27.7 Å². The van der Waals surface area contributed by atoms with E-state index in [1.807, 2.05) is 7.05 Å². The molecule has 0 aliphatic heterocycles. The van der Waals surface area contributed by atoms with E-state index in [4.69, 9.17) is 0 Å². The zero-order valence-corrected chi connectivity index (χ0v) is 13.0. The molecule has 1 N–H and O–H groups in total. The molecule has 1 aromatic heterocycles. The van der Waals surface area contributed by atoms with Crippen molar-refractivity contribution in [1.29, 1.82) is 0 Å². The lowest BCUT2D eigenvalue weighted by Gasteiger charge is -2.06. The molecule has 0 bridgehead atoms. The number of hydrogen-bond acceptors (Lipinski definition) is 5. The topological polar surface area (TPSA) is 55.6 Å². The summed E-state index contributed by atoms with van der Waals surface area (Å²) in [6, 6.07) is 2.57. The van der Waals surface area contributed by atoms with Crippen LogP contribution in [0.4, 0.5) is 8.78 Å². The summed E-state index contributed by atoms with van der Waals surface area (Å²) >= 11 is 4.24. The van der Waals surface area contributed by atoms with Gasteiger partial charge >= 0.3 is 0 Å². The van der Waals surface area contributed by atoms with Crippen LogP contribution in [0.3, 0.4) is 0 Å². The third-order valence-corrected chi connectivity index (χ3v) is 4.15. The molecule has 0 saturated heterocycles. The third-order valence-electron chi connectivity index (χ3n) is 2.56. The Morgan fingerprint density at radius 2 is 2.20 bits per heavy atom. The minimum absolute atomic E-state index is 0.00698. The molecule has 1 aromatic carbocycles. The summed E-state index contributed by atoms with van der Waals surface area (Å²) in [4.78, 5) is 0. The highest BCUT2D eigenvalue weighted by molar-refractivity contribution is 9.10. The van der Waals surface area contributed by atoms with Gasteiger partial charge < -0.3 is 5.32 Å². The molecule has 20 heavy (non-hydrogen) atoms. The van der Waals surface area contributed by atoms with Crippen LogP contribution in [0.25, 0.3) is 0 Å². The maximum Gasteiger partial charge on any atom is 0.209 e. The minimum Gasteiger partial charge on any atom is -0.318 e. The second-order valence-electron chi connectivity index (χ2n) is 3.90. The van der Waals surface area contributed by atoms with Crippen molar-refractivity contribution in [2.75, 3.05) is 13.6 Å². The molecule has 0 aliphatic carbocycles. The third kappa shape index (κ3) is 3.53. The summed E-state index contributed by atoms with van der Waals surface area (Å²) in [5.41, 5.74) is 0.00698. The maximum absolute atomic E-state index is 13.8. The average molecular weight is 364 g/mol. The van der Waals surface area contributed by atoms with Crippen molar-refractivity contribution in [3.63, 3.8) is 0 Å². The maximum atomic E-state index is 13.8. The number of likely N-dealkylation sites (N-methyl/N-ethyl adjacent to an activating group) is 1. The van der Waals surface area contributed by atoms with Gasteiger partial charge in [0.05, 0.1) is 11.0 Å². The van der Waals surface area contributed by atoms with Crippen LogP contribution in [-0.2, 0) is 12.3 Å². The number of aromatic nitrogens is 4. The average Bonchev–Trinajstić information content (AvgIpc) is 2.88. The molecule has 0 radical (unpaired) electrons. The fraction of sp³-hybridized carbons (Fsp3) is 0.364. The summed E-state index contributed by atoms with van der Waals surface area (Å²) < 4.78 is 29.3. The molecule has 5 nitrogen and oxygen atoms in total. The number of rotatable bonds is 6. The molecular weight excluding hydrogens is 352 g/mol. The number of thioether (sulfide) groups is 1. The molecule has 0 atom stereocenters. The molecule has 0 amide bonds. The van der Waals surface area contributed by atoms with E-state index in [1.165, 1.54) is 23.9 Å². The first-order chi connectivity index (χ1) is 9.63. The molecule has 0 saturated carbocycles. The Morgan fingerprint density at radius 3 is 2.95 bits per heavy atom. The highest BCUT2D eigenvalue weighted by Gasteiger charge is 2.14. The fourth-order valence-electron chi connectivity index (χ4n) is 1.50. The van der Waals surface area contributed by atoms with E-state index < -0.39 is 11.6 Å². The van der Waals surface area contributed by atoms with E-state index in [0.29, 0.717) is 18.2 Å². The van der Waals surface area contributed by atoms with E-state index in [9.17, 15) is 8.78 Å². The lowest BCUT2D eigenvalue weighted by molar-refractivity contribution is 0.529. The largest absolute Gasteiger partial charge is 0.318 e.